The third-order valence-corrected chi connectivity index (χ3v) is 12.4. The number of aliphatic hydroxyl groups excluding tert-OH is 1. The van der Waals surface area contributed by atoms with Crippen molar-refractivity contribution in [3.8, 4) is 0 Å². The number of hydrogen-bond acceptors (Lipinski definition) is 11. The van der Waals surface area contributed by atoms with Crippen LogP contribution in [0.3, 0.4) is 0 Å². The van der Waals surface area contributed by atoms with Crippen LogP contribution in [0.4, 0.5) is 0 Å². The standard InChI is InChI=1S/C55H77N7O11/c1-36(2)32-44(52(69)59-43(51(57)68)33-38-20-12-10-13-21-38)60-54(71)49(37(3)64)62-48(66)26-18-8-4-6-16-24-42(25-17-7-5-9-19-31-63)58-45(35-47(56)65)53(70)61-46(55(72)73)34-39-27-29-41(30-28-39)50(67)40-22-14-11-15-23-40/h10-15,20-23,27-31,36-37,42-46,49,58,64H,4-9,16-19,24-26,32-35H2,1-3H3,(H2,56,65)(H2,57,68)(H,59,69)(H,60,71)(H,61,70)(H,62,66)(H,72,73)/t37-,42?,43-,44-,45-,46-,49-/m0/s1. The Bertz CT molecular complexity index is 2220. The lowest BCUT2D eigenvalue weighted by Gasteiger charge is -2.27. The van der Waals surface area contributed by atoms with E-state index in [1.807, 2.05) is 26.0 Å². The molecule has 0 fully saturated rings. The molecule has 0 radical (unpaired) electrons. The van der Waals surface area contributed by atoms with Crippen molar-refractivity contribution in [1.29, 1.82) is 0 Å². The summed E-state index contributed by atoms with van der Waals surface area (Å²) in [6, 6.07) is 18.1. The Kier molecular flexibility index (Phi) is 27.4. The Morgan fingerprint density at radius 1 is 0.575 bits per heavy atom. The van der Waals surface area contributed by atoms with E-state index in [4.69, 9.17) is 11.5 Å². The summed E-state index contributed by atoms with van der Waals surface area (Å²) in [5.74, 6) is -5.54. The van der Waals surface area contributed by atoms with Crippen molar-refractivity contribution >= 4 is 53.5 Å². The first-order chi connectivity index (χ1) is 34.9. The Balaban J connectivity index is 1.55. The average molecular weight is 1010 g/mol. The van der Waals surface area contributed by atoms with Crippen molar-refractivity contribution < 1.29 is 53.4 Å². The first-order valence-electron chi connectivity index (χ1n) is 25.5. The molecule has 3 aromatic rings. The number of unbranched alkanes of at least 4 members (excludes halogenated alkanes) is 8. The fourth-order valence-electron chi connectivity index (χ4n) is 8.42. The van der Waals surface area contributed by atoms with Crippen LogP contribution in [0.25, 0.3) is 0 Å². The van der Waals surface area contributed by atoms with E-state index in [1.54, 1.807) is 72.8 Å². The van der Waals surface area contributed by atoms with Crippen LogP contribution < -0.4 is 38.1 Å². The fourth-order valence-corrected chi connectivity index (χ4v) is 8.42. The molecule has 0 aromatic heterocycles. The third kappa shape index (κ3) is 23.5. The van der Waals surface area contributed by atoms with E-state index < -0.39 is 77.7 Å². The first-order valence-corrected chi connectivity index (χ1v) is 25.5. The minimum Gasteiger partial charge on any atom is -0.480 e. The van der Waals surface area contributed by atoms with Gasteiger partial charge < -0.3 is 53.1 Å². The van der Waals surface area contributed by atoms with Crippen LogP contribution in [0.2, 0.25) is 0 Å². The maximum absolute atomic E-state index is 13.7. The van der Waals surface area contributed by atoms with Gasteiger partial charge in [0.05, 0.1) is 18.6 Å². The summed E-state index contributed by atoms with van der Waals surface area (Å²) in [6.07, 6.45) is 7.92. The van der Waals surface area contributed by atoms with Gasteiger partial charge in [0.2, 0.25) is 35.4 Å². The highest BCUT2D eigenvalue weighted by Gasteiger charge is 2.32. The van der Waals surface area contributed by atoms with Gasteiger partial charge in [-0.25, -0.2) is 4.79 Å². The molecule has 7 atom stereocenters. The van der Waals surface area contributed by atoms with Crippen LogP contribution in [-0.4, -0.2) is 106 Å². The van der Waals surface area contributed by atoms with E-state index in [2.05, 4.69) is 26.6 Å². The van der Waals surface area contributed by atoms with Gasteiger partial charge in [-0.3, -0.25) is 33.6 Å². The number of carboxylic acids is 1. The quantitative estimate of drug-likeness (QED) is 0.0224. The number of nitrogens with one attached hydrogen (secondary N) is 5. The predicted molar refractivity (Wildman–Crippen MR) is 276 cm³/mol. The number of aliphatic hydroxyl groups is 1. The SMILES string of the molecule is CC(C)C[C@H](NC(=O)[C@@H](NC(=O)CCCCCCCC(CCCCCCC=O)N[C@@H](CC(N)=O)C(=O)N[C@@H](Cc1ccc(C(=O)c2ccccc2)cc1)C(=O)O)[C@H](C)O)C(=O)N[C@@H](Cc1ccccc1)C(N)=O. The van der Waals surface area contributed by atoms with Gasteiger partial charge in [-0.2, -0.15) is 0 Å². The molecule has 1 unspecified atom stereocenters. The fraction of sp³-hybridized carbons (Fsp3) is 0.509. The summed E-state index contributed by atoms with van der Waals surface area (Å²) >= 11 is 0. The van der Waals surface area contributed by atoms with Crippen LogP contribution in [-0.2, 0) is 51.2 Å². The minimum atomic E-state index is -1.35. The number of aldehydes is 1. The molecule has 0 aliphatic carbocycles. The van der Waals surface area contributed by atoms with Gasteiger partial charge in [0, 0.05) is 42.9 Å². The summed E-state index contributed by atoms with van der Waals surface area (Å²) in [7, 11) is 0. The molecule has 18 heteroatoms. The Labute approximate surface area is 429 Å². The largest absolute Gasteiger partial charge is 0.480 e. The molecule has 0 saturated carbocycles. The monoisotopic (exact) mass is 1010 g/mol. The molecule has 0 aliphatic heterocycles. The van der Waals surface area contributed by atoms with Crippen LogP contribution in [0.5, 0.6) is 0 Å². The minimum absolute atomic E-state index is 0.0456. The number of benzene rings is 3. The van der Waals surface area contributed by atoms with Gasteiger partial charge in [0.15, 0.2) is 5.78 Å². The topological polar surface area (TPSA) is 306 Å². The van der Waals surface area contributed by atoms with Crippen LogP contribution in [0.1, 0.15) is 144 Å². The van der Waals surface area contributed by atoms with Crippen molar-refractivity contribution in [2.24, 2.45) is 17.4 Å². The van der Waals surface area contributed by atoms with Crippen molar-refractivity contribution in [2.45, 2.75) is 172 Å². The number of amides is 6. The van der Waals surface area contributed by atoms with Crippen molar-refractivity contribution in [2.75, 3.05) is 0 Å². The molecule has 0 aliphatic rings. The number of hydrogen-bond donors (Lipinski definition) is 9. The summed E-state index contributed by atoms with van der Waals surface area (Å²) < 4.78 is 0. The number of primary amides is 2. The van der Waals surface area contributed by atoms with E-state index in [-0.39, 0.29) is 49.8 Å². The second kappa shape index (κ2) is 33.0. The third-order valence-electron chi connectivity index (χ3n) is 12.4. The molecule has 3 rings (SSSR count). The molecule has 3 aromatic carbocycles. The lowest BCUT2D eigenvalue weighted by molar-refractivity contribution is -0.142. The Hall–Kier alpha value is -6.79. The normalized spacial score (nSPS) is 14.0. The van der Waals surface area contributed by atoms with Crippen LogP contribution in [0, 0.1) is 5.92 Å². The zero-order chi connectivity index (χ0) is 53.7. The van der Waals surface area contributed by atoms with E-state index in [9.17, 15) is 53.4 Å². The Morgan fingerprint density at radius 2 is 1.08 bits per heavy atom. The summed E-state index contributed by atoms with van der Waals surface area (Å²) in [5.41, 5.74) is 13.5. The highest BCUT2D eigenvalue weighted by Crippen LogP contribution is 2.17. The van der Waals surface area contributed by atoms with E-state index in [1.165, 1.54) is 6.92 Å². The van der Waals surface area contributed by atoms with E-state index >= 15 is 0 Å². The number of carboxylic acid groups (broad SMARTS) is 1. The molecule has 18 nitrogen and oxygen atoms in total. The number of ketones is 1. The van der Waals surface area contributed by atoms with Crippen LogP contribution >= 0.6 is 0 Å². The molecular formula is C55H77N7O11. The number of nitrogens with two attached hydrogens (primary N) is 2. The summed E-state index contributed by atoms with van der Waals surface area (Å²) in [5, 5.41) is 34.4. The maximum atomic E-state index is 13.7. The van der Waals surface area contributed by atoms with Gasteiger partial charge in [0.25, 0.3) is 0 Å². The number of aliphatic carboxylic acids is 1. The molecule has 398 valence electrons. The highest BCUT2D eigenvalue weighted by atomic mass is 16.4. The van der Waals surface area contributed by atoms with Gasteiger partial charge in [0.1, 0.15) is 30.5 Å². The predicted octanol–water partition coefficient (Wildman–Crippen LogP) is 4.11. The van der Waals surface area contributed by atoms with Gasteiger partial charge in [-0.15, -0.1) is 0 Å². The number of rotatable bonds is 37. The first kappa shape index (κ1) is 60.5. The van der Waals surface area contributed by atoms with Gasteiger partial charge in [-0.1, -0.05) is 144 Å². The molecule has 0 saturated heterocycles. The number of carbonyl (C=O) groups excluding carboxylic acids is 8. The zero-order valence-corrected chi connectivity index (χ0v) is 42.5. The molecule has 0 heterocycles. The molecule has 0 spiro atoms. The Morgan fingerprint density at radius 3 is 1.64 bits per heavy atom. The maximum Gasteiger partial charge on any atom is 0.326 e. The number of carbonyl (C=O) groups is 9. The second-order valence-electron chi connectivity index (χ2n) is 19.2. The van der Waals surface area contributed by atoms with Crippen LogP contribution in [0.15, 0.2) is 84.9 Å². The van der Waals surface area contributed by atoms with E-state index in [0.29, 0.717) is 48.8 Å². The molecular weight excluding hydrogens is 935 g/mol. The van der Waals surface area contributed by atoms with Gasteiger partial charge in [-0.05, 0) is 56.1 Å². The van der Waals surface area contributed by atoms with Gasteiger partial charge >= 0.3 is 5.97 Å². The van der Waals surface area contributed by atoms with E-state index in [0.717, 1.165) is 56.8 Å². The lowest BCUT2D eigenvalue weighted by Crippen LogP contribution is -2.59. The lowest BCUT2D eigenvalue weighted by atomic mass is 9.98. The van der Waals surface area contributed by atoms with Crippen molar-refractivity contribution in [3.63, 3.8) is 0 Å². The summed E-state index contributed by atoms with van der Waals surface area (Å²) in [6.45, 7) is 5.08. The molecule has 73 heavy (non-hydrogen) atoms. The van der Waals surface area contributed by atoms with Crippen molar-refractivity contribution in [3.05, 3.63) is 107 Å². The van der Waals surface area contributed by atoms with Crippen molar-refractivity contribution in [1.82, 2.24) is 26.6 Å². The zero-order valence-electron chi connectivity index (χ0n) is 42.5. The highest BCUT2D eigenvalue weighted by molar-refractivity contribution is 6.09. The second-order valence-corrected chi connectivity index (χ2v) is 19.2. The average Bonchev–Trinajstić information content (AvgIpc) is 3.35. The summed E-state index contributed by atoms with van der Waals surface area (Å²) in [4.78, 5) is 114. The molecule has 0 bridgehead atoms. The molecule has 6 amide bonds. The smallest absolute Gasteiger partial charge is 0.326 e. The molecule has 11 N–H and O–H groups in total.